The van der Waals surface area contributed by atoms with E-state index in [1.54, 1.807) is 0 Å². The van der Waals surface area contributed by atoms with Crippen LogP contribution in [0.4, 0.5) is 0 Å². The molecule has 3 atom stereocenters. The summed E-state index contributed by atoms with van der Waals surface area (Å²) >= 11 is 0. The van der Waals surface area contributed by atoms with Crippen molar-refractivity contribution in [2.45, 2.75) is 51.1 Å². The lowest BCUT2D eigenvalue weighted by Crippen LogP contribution is -2.44. The Bertz CT molecular complexity index is 229. The average Bonchev–Trinajstić information content (AvgIpc) is 2.94. The Hall–Kier alpha value is -0.570. The maximum absolute atomic E-state index is 12.0. The van der Waals surface area contributed by atoms with Crippen molar-refractivity contribution in [3.63, 3.8) is 0 Å². The summed E-state index contributed by atoms with van der Waals surface area (Å²) in [5.74, 6) is 0.478. The predicted octanol–water partition coefficient (Wildman–Crippen LogP) is 1.12. The van der Waals surface area contributed by atoms with Gasteiger partial charge in [-0.1, -0.05) is 6.92 Å². The average molecular weight is 196 g/mol. The number of piperidine rings is 1. The van der Waals surface area contributed by atoms with Crippen LogP contribution in [0.2, 0.25) is 0 Å². The van der Waals surface area contributed by atoms with E-state index in [9.17, 15) is 4.79 Å². The van der Waals surface area contributed by atoms with Gasteiger partial charge in [0.1, 0.15) is 0 Å². The quantitative estimate of drug-likeness (QED) is 0.719. The van der Waals surface area contributed by atoms with Crippen molar-refractivity contribution in [1.29, 1.82) is 0 Å². The van der Waals surface area contributed by atoms with Gasteiger partial charge in [-0.3, -0.25) is 4.79 Å². The largest absolute Gasteiger partial charge is 0.339 e. The number of nitrogens with two attached hydrogens (primary N) is 1. The highest BCUT2D eigenvalue weighted by atomic mass is 16.2. The molecule has 0 spiro atoms. The molecule has 2 N–H and O–H groups in total. The lowest BCUT2D eigenvalue weighted by atomic mass is 9.99. The van der Waals surface area contributed by atoms with Crippen molar-refractivity contribution in [2.24, 2.45) is 11.7 Å². The Morgan fingerprint density at radius 3 is 2.79 bits per heavy atom. The van der Waals surface area contributed by atoms with Crippen LogP contribution < -0.4 is 5.73 Å². The monoisotopic (exact) mass is 196 g/mol. The molecule has 2 rings (SSSR count). The summed E-state index contributed by atoms with van der Waals surface area (Å²) in [7, 11) is 0. The number of carbonyl (C=O) groups is 1. The molecule has 1 aliphatic carbocycles. The molecule has 2 fully saturated rings. The molecule has 3 heteroatoms. The molecule has 3 nitrogen and oxygen atoms in total. The summed E-state index contributed by atoms with van der Waals surface area (Å²) in [6, 6.07) is 0.644. The van der Waals surface area contributed by atoms with Crippen LogP contribution in [0.5, 0.6) is 0 Å². The van der Waals surface area contributed by atoms with Gasteiger partial charge in [0.2, 0.25) is 5.91 Å². The summed E-state index contributed by atoms with van der Waals surface area (Å²) in [6.45, 7) is 3.13. The maximum Gasteiger partial charge on any atom is 0.227 e. The smallest absolute Gasteiger partial charge is 0.227 e. The predicted molar refractivity (Wildman–Crippen MR) is 55.7 cm³/mol. The zero-order valence-corrected chi connectivity index (χ0v) is 8.91. The standard InChI is InChI=1S/C11H20N2O/c1-2-8-5-3-4-6-13(8)11(14)9-7-10(9)12/h8-10H,2-7,12H2,1H3. The lowest BCUT2D eigenvalue weighted by molar-refractivity contribution is -0.136. The van der Waals surface area contributed by atoms with Gasteiger partial charge in [-0.15, -0.1) is 0 Å². The minimum Gasteiger partial charge on any atom is -0.339 e. The Balaban J connectivity index is 1.96. The van der Waals surface area contributed by atoms with Crippen LogP contribution in [-0.4, -0.2) is 29.4 Å². The van der Waals surface area contributed by atoms with Crippen LogP contribution in [0.3, 0.4) is 0 Å². The minimum atomic E-state index is 0.155. The molecule has 0 aromatic carbocycles. The van der Waals surface area contributed by atoms with Gasteiger partial charge in [0.05, 0.1) is 5.92 Å². The second-order valence-electron chi connectivity index (χ2n) is 4.60. The van der Waals surface area contributed by atoms with E-state index < -0.39 is 0 Å². The topological polar surface area (TPSA) is 46.3 Å². The van der Waals surface area contributed by atoms with E-state index in [2.05, 4.69) is 11.8 Å². The molecule has 1 saturated heterocycles. The van der Waals surface area contributed by atoms with E-state index in [0.29, 0.717) is 11.9 Å². The number of likely N-dealkylation sites (tertiary alicyclic amines) is 1. The highest BCUT2D eigenvalue weighted by Gasteiger charge is 2.43. The van der Waals surface area contributed by atoms with Gasteiger partial charge in [-0.05, 0) is 32.1 Å². The van der Waals surface area contributed by atoms with Gasteiger partial charge in [0.25, 0.3) is 0 Å². The van der Waals surface area contributed by atoms with E-state index in [4.69, 9.17) is 5.73 Å². The third kappa shape index (κ3) is 1.78. The number of hydrogen-bond donors (Lipinski definition) is 1. The molecule has 2 aliphatic rings. The molecule has 0 aromatic rings. The fraction of sp³-hybridized carbons (Fsp3) is 0.909. The zero-order chi connectivity index (χ0) is 10.1. The molecule has 14 heavy (non-hydrogen) atoms. The Morgan fingerprint density at radius 1 is 1.50 bits per heavy atom. The van der Waals surface area contributed by atoms with Crippen LogP contribution in [0.25, 0.3) is 0 Å². The summed E-state index contributed by atoms with van der Waals surface area (Å²) in [4.78, 5) is 14.1. The Labute approximate surface area is 85.6 Å². The molecule has 0 aromatic heterocycles. The molecule has 1 amide bonds. The first kappa shape index (κ1) is 9.97. The number of amides is 1. The van der Waals surface area contributed by atoms with Gasteiger partial charge in [-0.2, -0.15) is 0 Å². The first-order valence-corrected chi connectivity index (χ1v) is 5.80. The van der Waals surface area contributed by atoms with Crippen molar-refractivity contribution in [1.82, 2.24) is 4.90 Å². The van der Waals surface area contributed by atoms with Crippen LogP contribution in [0.1, 0.15) is 39.0 Å². The van der Waals surface area contributed by atoms with Crippen molar-refractivity contribution in [3.05, 3.63) is 0 Å². The summed E-state index contributed by atoms with van der Waals surface area (Å²) in [5, 5.41) is 0. The molecule has 3 unspecified atom stereocenters. The first-order chi connectivity index (χ1) is 6.74. The SMILES string of the molecule is CCC1CCCCN1C(=O)C1CC1N. The second kappa shape index (κ2) is 3.89. The minimum absolute atomic E-state index is 0.155. The highest BCUT2D eigenvalue weighted by Crippen LogP contribution is 2.32. The third-order valence-electron chi connectivity index (χ3n) is 3.54. The van der Waals surface area contributed by atoms with Crippen LogP contribution in [-0.2, 0) is 4.79 Å². The molecular formula is C11H20N2O. The molecule has 1 aliphatic heterocycles. The third-order valence-corrected chi connectivity index (χ3v) is 3.54. The van der Waals surface area contributed by atoms with Crippen molar-refractivity contribution >= 4 is 5.91 Å². The fourth-order valence-corrected chi connectivity index (χ4v) is 2.43. The van der Waals surface area contributed by atoms with Crippen molar-refractivity contribution in [3.8, 4) is 0 Å². The van der Waals surface area contributed by atoms with Gasteiger partial charge in [0.15, 0.2) is 0 Å². The molecule has 1 heterocycles. The van der Waals surface area contributed by atoms with E-state index in [1.807, 2.05) is 0 Å². The van der Waals surface area contributed by atoms with Gasteiger partial charge < -0.3 is 10.6 Å². The Morgan fingerprint density at radius 2 is 2.21 bits per heavy atom. The number of nitrogens with zero attached hydrogens (tertiary/aromatic N) is 1. The van der Waals surface area contributed by atoms with Crippen LogP contribution >= 0.6 is 0 Å². The van der Waals surface area contributed by atoms with E-state index in [-0.39, 0.29) is 12.0 Å². The number of carbonyl (C=O) groups excluding carboxylic acids is 1. The molecule has 0 radical (unpaired) electrons. The van der Waals surface area contributed by atoms with Crippen molar-refractivity contribution in [2.75, 3.05) is 6.54 Å². The summed E-state index contributed by atoms with van der Waals surface area (Å²) in [5.41, 5.74) is 5.71. The van der Waals surface area contributed by atoms with Crippen molar-refractivity contribution < 1.29 is 4.79 Å². The summed E-state index contributed by atoms with van der Waals surface area (Å²) < 4.78 is 0. The summed E-state index contributed by atoms with van der Waals surface area (Å²) in [6.07, 6.45) is 5.63. The normalized spacial score (nSPS) is 37.0. The second-order valence-corrected chi connectivity index (χ2v) is 4.60. The lowest BCUT2D eigenvalue weighted by Gasteiger charge is -2.35. The van der Waals surface area contributed by atoms with Crippen LogP contribution in [0.15, 0.2) is 0 Å². The molecule has 0 bridgehead atoms. The number of hydrogen-bond acceptors (Lipinski definition) is 2. The van der Waals surface area contributed by atoms with Gasteiger partial charge >= 0.3 is 0 Å². The molecular weight excluding hydrogens is 176 g/mol. The van der Waals surface area contributed by atoms with E-state index >= 15 is 0 Å². The Kier molecular flexibility index (Phi) is 2.77. The molecule has 80 valence electrons. The van der Waals surface area contributed by atoms with Crippen LogP contribution in [0, 0.1) is 5.92 Å². The van der Waals surface area contributed by atoms with E-state index in [0.717, 1.165) is 19.4 Å². The molecule has 1 saturated carbocycles. The fourth-order valence-electron chi connectivity index (χ4n) is 2.43. The highest BCUT2D eigenvalue weighted by molar-refractivity contribution is 5.82. The van der Waals surface area contributed by atoms with E-state index in [1.165, 1.54) is 19.3 Å². The zero-order valence-electron chi connectivity index (χ0n) is 8.91. The van der Waals surface area contributed by atoms with Gasteiger partial charge in [0, 0.05) is 18.6 Å². The first-order valence-electron chi connectivity index (χ1n) is 5.80. The number of rotatable bonds is 2. The van der Waals surface area contributed by atoms with Gasteiger partial charge in [-0.25, -0.2) is 0 Å². The maximum atomic E-state index is 12.0.